The third kappa shape index (κ3) is 4.79. The van der Waals surface area contributed by atoms with Crippen molar-refractivity contribution in [3.05, 3.63) is 76.5 Å². The molecular formula is C22H19F3N2O4S. The fourth-order valence-electron chi connectivity index (χ4n) is 3.33. The second-order valence-electron chi connectivity index (χ2n) is 7.09. The van der Waals surface area contributed by atoms with Gasteiger partial charge in [0.05, 0.1) is 28.3 Å². The van der Waals surface area contributed by atoms with Gasteiger partial charge < -0.3 is 15.0 Å². The van der Waals surface area contributed by atoms with Crippen molar-refractivity contribution in [1.82, 2.24) is 4.57 Å². The van der Waals surface area contributed by atoms with Crippen LogP contribution in [0.2, 0.25) is 0 Å². The number of halogens is 3. The number of hydrogen-bond donors (Lipinski definition) is 2. The number of aliphatic hydroxyl groups excluding tert-OH is 1. The second-order valence-corrected chi connectivity index (χ2v) is 9.10. The predicted molar refractivity (Wildman–Crippen MR) is 113 cm³/mol. The largest absolute Gasteiger partial charge is 0.417 e. The van der Waals surface area contributed by atoms with Gasteiger partial charge in [-0.2, -0.15) is 13.2 Å². The highest BCUT2D eigenvalue weighted by atomic mass is 32.2. The van der Waals surface area contributed by atoms with Crippen molar-refractivity contribution in [2.24, 2.45) is 0 Å². The van der Waals surface area contributed by atoms with Gasteiger partial charge in [0.2, 0.25) is 0 Å². The molecule has 0 spiro atoms. The Morgan fingerprint density at radius 2 is 1.78 bits per heavy atom. The van der Waals surface area contributed by atoms with Gasteiger partial charge >= 0.3 is 6.18 Å². The second kappa shape index (κ2) is 8.68. The summed E-state index contributed by atoms with van der Waals surface area (Å²) in [6.07, 6.45) is -0.286. The first-order valence-electron chi connectivity index (χ1n) is 9.35. The van der Waals surface area contributed by atoms with Gasteiger partial charge in [-0.1, -0.05) is 11.5 Å². The Morgan fingerprint density at radius 1 is 1.16 bits per heavy atom. The summed E-state index contributed by atoms with van der Waals surface area (Å²) in [7, 11) is -3.40. The third-order valence-corrected chi connectivity index (χ3v) is 5.95. The number of sulfone groups is 1. The normalized spacial score (nSPS) is 13.7. The molecule has 0 bridgehead atoms. The molecule has 1 amide bonds. The van der Waals surface area contributed by atoms with E-state index in [9.17, 15) is 31.5 Å². The van der Waals surface area contributed by atoms with Crippen LogP contribution in [0.3, 0.4) is 0 Å². The number of aromatic nitrogens is 1. The first-order chi connectivity index (χ1) is 14.9. The average Bonchev–Trinajstić information content (AvgIpc) is 3.03. The van der Waals surface area contributed by atoms with Crippen molar-refractivity contribution < 1.29 is 31.5 Å². The number of rotatable bonds is 6. The molecule has 0 atom stereocenters. The molecule has 0 unspecified atom stereocenters. The zero-order valence-electron chi connectivity index (χ0n) is 17.1. The quantitative estimate of drug-likeness (QED) is 0.639. The fourth-order valence-corrected chi connectivity index (χ4v) is 3.96. The highest BCUT2D eigenvalue weighted by molar-refractivity contribution is 7.90. The van der Waals surface area contributed by atoms with Crippen molar-refractivity contribution in [1.29, 1.82) is 0 Å². The number of nitrogens with zero attached hydrogens (tertiary/aromatic N) is 1. The van der Waals surface area contributed by atoms with Crippen LogP contribution < -0.4 is 5.32 Å². The van der Waals surface area contributed by atoms with Gasteiger partial charge in [0.25, 0.3) is 5.91 Å². The summed E-state index contributed by atoms with van der Waals surface area (Å²) in [4.78, 5) is 12.9. The van der Waals surface area contributed by atoms with Crippen LogP contribution >= 0.6 is 0 Å². The van der Waals surface area contributed by atoms with E-state index in [1.165, 1.54) is 42.0 Å². The smallest absolute Gasteiger partial charge is 0.395 e. The molecule has 6 nitrogen and oxygen atoms in total. The van der Waals surface area contributed by atoms with Crippen LogP contribution in [0.15, 0.2) is 64.5 Å². The molecule has 0 aliphatic heterocycles. The number of hydrogen-bond acceptors (Lipinski definition) is 4. The summed E-state index contributed by atoms with van der Waals surface area (Å²) >= 11 is 0. The summed E-state index contributed by atoms with van der Waals surface area (Å²) in [5.41, 5.74) is 4.55. The Labute approximate surface area is 182 Å². The molecule has 0 saturated heterocycles. The Hall–Kier alpha value is -3.29. The van der Waals surface area contributed by atoms with Gasteiger partial charge in [0, 0.05) is 36.3 Å². The van der Waals surface area contributed by atoms with Crippen LogP contribution in [0.4, 0.5) is 18.9 Å². The van der Waals surface area contributed by atoms with Crippen molar-refractivity contribution >= 4 is 27.0 Å². The minimum atomic E-state index is -4.65. The number of aliphatic hydroxyl groups is 1. The molecule has 1 heterocycles. The number of amides is 1. The van der Waals surface area contributed by atoms with Gasteiger partial charge in [-0.15, -0.1) is 0 Å². The molecule has 1 aliphatic carbocycles. The van der Waals surface area contributed by atoms with E-state index >= 15 is 0 Å². The molecule has 0 saturated carbocycles. The van der Waals surface area contributed by atoms with Gasteiger partial charge in [-0.05, 0) is 42.8 Å². The van der Waals surface area contributed by atoms with Crippen LogP contribution in [-0.2, 0) is 16.4 Å². The van der Waals surface area contributed by atoms with E-state index in [2.05, 4.69) is 16.8 Å². The first kappa shape index (κ1) is 23.4. The summed E-state index contributed by atoms with van der Waals surface area (Å²) < 4.78 is 65.1. The molecule has 1 aromatic heterocycles. The minimum Gasteiger partial charge on any atom is -0.395 e. The average molecular weight is 464 g/mol. The molecule has 10 heteroatoms. The lowest BCUT2D eigenvalue weighted by molar-refractivity contribution is -0.0876. The van der Waals surface area contributed by atoms with Crippen molar-refractivity contribution in [2.75, 3.05) is 18.2 Å². The number of carbonyl (C=O) groups excluding carboxylic acids is 1. The van der Waals surface area contributed by atoms with E-state index in [-0.39, 0.29) is 40.4 Å². The van der Waals surface area contributed by atoms with Gasteiger partial charge in [0.1, 0.15) is 0 Å². The zero-order valence-corrected chi connectivity index (χ0v) is 17.9. The highest BCUT2D eigenvalue weighted by Crippen LogP contribution is 2.37. The number of nitrogens with one attached hydrogen (secondary N) is 1. The molecule has 32 heavy (non-hydrogen) atoms. The van der Waals surface area contributed by atoms with Crippen LogP contribution in [0.5, 0.6) is 0 Å². The summed E-state index contributed by atoms with van der Waals surface area (Å²) in [6.45, 7) is 1.14. The maximum Gasteiger partial charge on any atom is 0.417 e. The summed E-state index contributed by atoms with van der Waals surface area (Å²) in [5, 5.41) is 12.0. The maximum atomic E-state index is 13.5. The van der Waals surface area contributed by atoms with Crippen LogP contribution in [0, 0.1) is 6.92 Å². The number of anilines is 1. The highest BCUT2D eigenvalue weighted by Gasteiger charge is 2.36. The van der Waals surface area contributed by atoms with E-state index in [1.54, 1.807) is 0 Å². The van der Waals surface area contributed by atoms with Crippen molar-refractivity contribution in [3.63, 3.8) is 0 Å². The SMILES string of the molecule is Cc1c(C(=O)Nc2ccc(S(C)(=O)=O)cc2)cn(CCO)c1C1=C(C(F)(F)F)C=C=C=C1. The number of alkyl halides is 3. The zero-order chi connectivity index (χ0) is 23.7. The molecule has 2 aromatic rings. The Morgan fingerprint density at radius 3 is 2.34 bits per heavy atom. The maximum absolute atomic E-state index is 13.5. The number of carbonyl (C=O) groups is 1. The minimum absolute atomic E-state index is 0.0254. The molecule has 168 valence electrons. The van der Waals surface area contributed by atoms with Gasteiger partial charge in [-0.3, -0.25) is 4.79 Å². The molecule has 1 aromatic carbocycles. The standard InChI is InChI=1S/C22H19F3N2O4S/c1-14-18(21(29)26-15-7-9-16(10-8-15)32(2,30)31)13-27(11-12-28)20(14)17-5-3-4-6-19(17)22(23,24)25/h5-10,13,28H,11-12H2,1-2H3,(H,26,29). The molecule has 1 aliphatic rings. The summed E-state index contributed by atoms with van der Waals surface area (Å²) in [6, 6.07) is 5.51. The molecular weight excluding hydrogens is 445 g/mol. The topological polar surface area (TPSA) is 88.4 Å². The lowest BCUT2D eigenvalue weighted by atomic mass is 9.98. The lowest BCUT2D eigenvalue weighted by Gasteiger charge is -2.16. The van der Waals surface area contributed by atoms with Crippen molar-refractivity contribution in [2.45, 2.75) is 24.5 Å². The molecule has 0 radical (unpaired) electrons. The van der Waals surface area contributed by atoms with Crippen molar-refractivity contribution in [3.8, 4) is 0 Å². The summed E-state index contributed by atoms with van der Waals surface area (Å²) in [5.74, 6) is -0.590. The molecule has 3 rings (SSSR count). The van der Waals surface area contributed by atoms with Crippen LogP contribution in [0.1, 0.15) is 21.6 Å². The van der Waals surface area contributed by atoms with Gasteiger partial charge in [0.15, 0.2) is 9.84 Å². The number of allylic oxidation sites excluding steroid dienone is 4. The van der Waals surface area contributed by atoms with E-state index in [0.717, 1.165) is 18.4 Å². The number of benzene rings is 1. The predicted octanol–water partition coefficient (Wildman–Crippen LogP) is 3.64. The van der Waals surface area contributed by atoms with Crippen LogP contribution in [-0.4, -0.2) is 43.0 Å². The molecule has 0 fully saturated rings. The van der Waals surface area contributed by atoms with Gasteiger partial charge in [-0.25, -0.2) is 8.42 Å². The van der Waals surface area contributed by atoms with Crippen LogP contribution in [0.25, 0.3) is 5.57 Å². The fraction of sp³-hybridized carbons (Fsp3) is 0.227. The monoisotopic (exact) mass is 464 g/mol. The van der Waals surface area contributed by atoms with E-state index in [0.29, 0.717) is 5.69 Å². The molecule has 2 N–H and O–H groups in total. The van der Waals surface area contributed by atoms with E-state index in [1.807, 2.05) is 0 Å². The Kier molecular flexibility index (Phi) is 6.34. The van der Waals surface area contributed by atoms with E-state index in [4.69, 9.17) is 0 Å². The first-order valence-corrected chi connectivity index (χ1v) is 11.2. The Balaban J connectivity index is 2.02. The third-order valence-electron chi connectivity index (χ3n) is 4.82. The van der Waals surface area contributed by atoms with E-state index < -0.39 is 27.5 Å². The Bertz CT molecular complexity index is 1300. The lowest BCUT2D eigenvalue weighted by Crippen LogP contribution is -2.15.